The average Bonchev–Trinajstić information content (AvgIpc) is 3.52. The molecule has 39 heavy (non-hydrogen) atoms. The third kappa shape index (κ3) is 5.04. The molecular formula is C27H24Cl2FN3O5S. The summed E-state index contributed by atoms with van der Waals surface area (Å²) in [6.07, 6.45) is 6.95. The van der Waals surface area contributed by atoms with Crippen molar-refractivity contribution in [3.8, 4) is 11.3 Å². The van der Waals surface area contributed by atoms with Crippen LogP contribution >= 0.6 is 34.5 Å². The largest absolute Gasteiger partial charge is 0.465 e. The second-order valence-electron chi connectivity index (χ2n) is 9.98. The number of hydrogen-bond acceptors (Lipinski definition) is 9. The van der Waals surface area contributed by atoms with E-state index >= 15 is 0 Å². The van der Waals surface area contributed by atoms with Gasteiger partial charge in [-0.1, -0.05) is 28.4 Å². The molecule has 0 radical (unpaired) electrons. The van der Waals surface area contributed by atoms with Gasteiger partial charge in [0.15, 0.2) is 5.82 Å². The van der Waals surface area contributed by atoms with Crippen molar-refractivity contribution in [2.75, 3.05) is 7.11 Å². The molecule has 2 fully saturated rings. The molecular weight excluding hydrogens is 568 g/mol. The molecule has 204 valence electrons. The Labute approximate surface area is 237 Å². The van der Waals surface area contributed by atoms with E-state index in [0.29, 0.717) is 62.6 Å². The van der Waals surface area contributed by atoms with Crippen molar-refractivity contribution < 1.29 is 28.3 Å². The summed E-state index contributed by atoms with van der Waals surface area (Å²) in [5, 5.41) is 16.9. The van der Waals surface area contributed by atoms with E-state index in [4.69, 9.17) is 37.2 Å². The number of benzene rings is 1. The molecule has 0 amide bonds. The summed E-state index contributed by atoms with van der Waals surface area (Å²) in [7, 11) is 1.24. The second kappa shape index (κ2) is 10.4. The van der Waals surface area contributed by atoms with Crippen LogP contribution in [0, 0.1) is 5.82 Å². The quantitative estimate of drug-likeness (QED) is 0.234. The smallest absolute Gasteiger partial charge is 0.338 e. The number of rotatable bonds is 7. The maximum absolute atomic E-state index is 14.6. The Hall–Kier alpha value is -2.63. The lowest BCUT2D eigenvalue weighted by Crippen LogP contribution is -2.34. The molecule has 2 aliphatic rings. The zero-order valence-corrected chi connectivity index (χ0v) is 23.2. The lowest BCUT2D eigenvalue weighted by Gasteiger charge is -2.34. The van der Waals surface area contributed by atoms with Crippen LogP contribution in [0.4, 0.5) is 4.39 Å². The number of thiazole rings is 1. The summed E-state index contributed by atoms with van der Waals surface area (Å²) in [5.41, 5.74) is 0.992. The summed E-state index contributed by atoms with van der Waals surface area (Å²) in [5.74, 6) is -0.151. The van der Waals surface area contributed by atoms with E-state index in [-0.39, 0.29) is 23.8 Å². The number of aromatic nitrogens is 3. The summed E-state index contributed by atoms with van der Waals surface area (Å²) in [4.78, 5) is 20.3. The summed E-state index contributed by atoms with van der Waals surface area (Å²) < 4.78 is 31.9. The Morgan fingerprint density at radius 3 is 2.59 bits per heavy atom. The van der Waals surface area contributed by atoms with E-state index < -0.39 is 17.4 Å². The predicted molar refractivity (Wildman–Crippen MR) is 144 cm³/mol. The van der Waals surface area contributed by atoms with E-state index in [0.717, 1.165) is 30.2 Å². The van der Waals surface area contributed by atoms with Crippen LogP contribution in [0.1, 0.15) is 71.1 Å². The normalized spacial score (nSPS) is 21.4. The molecule has 1 N–H and O–H groups in total. The third-order valence-electron chi connectivity index (χ3n) is 7.35. The first-order chi connectivity index (χ1) is 18.8. The fraction of sp³-hybridized carbons (Fsp3) is 0.407. The van der Waals surface area contributed by atoms with E-state index in [9.17, 15) is 14.3 Å². The zero-order valence-electron chi connectivity index (χ0n) is 20.9. The molecule has 0 bridgehead atoms. The van der Waals surface area contributed by atoms with Crippen molar-refractivity contribution in [1.29, 1.82) is 0 Å². The van der Waals surface area contributed by atoms with Gasteiger partial charge in [-0.15, -0.1) is 11.3 Å². The Bertz CT molecular complexity index is 1540. The number of carbonyl (C=O) groups excluding carboxylic acids is 1. The van der Waals surface area contributed by atoms with Crippen molar-refractivity contribution in [1.82, 2.24) is 15.1 Å². The number of aliphatic hydroxyl groups is 1. The highest BCUT2D eigenvalue weighted by molar-refractivity contribution is 7.18. The second-order valence-corrected chi connectivity index (χ2v) is 11.8. The van der Waals surface area contributed by atoms with Crippen molar-refractivity contribution in [2.24, 2.45) is 0 Å². The number of carbonyl (C=O) groups is 1. The van der Waals surface area contributed by atoms with Crippen LogP contribution in [0.3, 0.4) is 0 Å². The van der Waals surface area contributed by atoms with Crippen LogP contribution in [0.2, 0.25) is 10.0 Å². The fourth-order valence-corrected chi connectivity index (χ4v) is 6.74. The molecule has 3 aromatic heterocycles. The molecule has 3 heterocycles. The number of hydrogen-bond donors (Lipinski definition) is 1. The topological polar surface area (TPSA) is 108 Å². The van der Waals surface area contributed by atoms with Crippen LogP contribution in [0.15, 0.2) is 29.0 Å². The molecule has 4 aromatic rings. The van der Waals surface area contributed by atoms with Crippen molar-refractivity contribution in [3.05, 3.63) is 62.3 Å². The minimum atomic E-state index is -1.21. The number of fused-ring (bicyclic) bond motifs is 1. The first-order valence-corrected chi connectivity index (χ1v) is 14.2. The highest BCUT2D eigenvalue weighted by Crippen LogP contribution is 2.47. The summed E-state index contributed by atoms with van der Waals surface area (Å²) in [6.45, 7) is 0.269. The molecule has 0 aliphatic heterocycles. The van der Waals surface area contributed by atoms with Crippen molar-refractivity contribution in [3.63, 3.8) is 0 Å². The molecule has 0 saturated heterocycles. The summed E-state index contributed by atoms with van der Waals surface area (Å²) >= 11 is 14.0. The minimum Gasteiger partial charge on any atom is -0.465 e. The van der Waals surface area contributed by atoms with Gasteiger partial charge < -0.3 is 19.1 Å². The monoisotopic (exact) mass is 591 g/mol. The van der Waals surface area contributed by atoms with Crippen LogP contribution in [-0.4, -0.2) is 39.4 Å². The molecule has 0 unspecified atom stereocenters. The van der Waals surface area contributed by atoms with Crippen LogP contribution in [0.25, 0.3) is 21.5 Å². The Morgan fingerprint density at radius 1 is 1.21 bits per heavy atom. The van der Waals surface area contributed by atoms with Gasteiger partial charge in [0.25, 0.3) is 0 Å². The molecule has 2 aliphatic carbocycles. The lowest BCUT2D eigenvalue weighted by molar-refractivity contribution is -0.0641. The van der Waals surface area contributed by atoms with Gasteiger partial charge in [0.05, 0.1) is 40.1 Å². The number of halogens is 3. The first-order valence-electron chi connectivity index (χ1n) is 12.6. The fourth-order valence-electron chi connectivity index (χ4n) is 5.04. The Kier molecular flexibility index (Phi) is 7.09. The van der Waals surface area contributed by atoms with Gasteiger partial charge in [-0.05, 0) is 50.7 Å². The predicted octanol–water partition coefficient (Wildman–Crippen LogP) is 6.80. The Balaban J connectivity index is 1.17. The van der Waals surface area contributed by atoms with Crippen molar-refractivity contribution >= 4 is 50.7 Å². The maximum atomic E-state index is 14.6. The average molecular weight is 592 g/mol. The number of ether oxygens (including phenoxy) is 2. The first kappa shape index (κ1) is 26.6. The highest BCUT2D eigenvalue weighted by atomic mass is 35.5. The van der Waals surface area contributed by atoms with E-state index in [1.807, 2.05) is 0 Å². The van der Waals surface area contributed by atoms with Gasteiger partial charge in [-0.25, -0.2) is 14.2 Å². The van der Waals surface area contributed by atoms with Gasteiger partial charge in [0.2, 0.25) is 0 Å². The molecule has 0 spiro atoms. The lowest BCUT2D eigenvalue weighted by atomic mass is 9.83. The van der Waals surface area contributed by atoms with E-state index in [2.05, 4.69) is 15.1 Å². The van der Waals surface area contributed by atoms with Gasteiger partial charge >= 0.3 is 5.97 Å². The van der Waals surface area contributed by atoms with Crippen molar-refractivity contribution in [2.45, 2.75) is 62.8 Å². The molecule has 8 nitrogen and oxygen atoms in total. The van der Waals surface area contributed by atoms with Gasteiger partial charge in [0, 0.05) is 29.4 Å². The molecule has 6 rings (SSSR count). The van der Waals surface area contributed by atoms with Gasteiger partial charge in [0.1, 0.15) is 27.6 Å². The Morgan fingerprint density at radius 2 is 1.92 bits per heavy atom. The molecule has 1 aromatic carbocycles. The zero-order chi connectivity index (χ0) is 27.3. The van der Waals surface area contributed by atoms with Gasteiger partial charge in [-0.2, -0.15) is 0 Å². The molecule has 2 saturated carbocycles. The van der Waals surface area contributed by atoms with Crippen LogP contribution in [-0.2, 0) is 21.7 Å². The maximum Gasteiger partial charge on any atom is 0.338 e. The third-order valence-corrected chi connectivity index (χ3v) is 9.12. The molecule has 0 atom stereocenters. The molecule has 12 heteroatoms. The standard InChI is InChI=1S/C27H24Cl2FN3O5S/c1-36-25(34)14-8-19(30)23-20(9-14)39-26(32-23)27(35)6-4-15(5-7-27)37-12-16-22(33-38-24(16)13-2-3-13)21-17(28)10-31-11-18(21)29/h8-11,13,15,35H,2-7,12H2,1H3/t15-,27+. The number of methoxy groups -OCH3 is 1. The van der Waals surface area contributed by atoms with E-state index in [1.54, 1.807) is 6.07 Å². The van der Waals surface area contributed by atoms with Crippen LogP contribution in [0.5, 0.6) is 0 Å². The minimum absolute atomic E-state index is 0.106. The summed E-state index contributed by atoms with van der Waals surface area (Å²) in [6, 6.07) is 2.65. The SMILES string of the molecule is COC(=O)c1cc(F)c2nc([C@]3(O)CC[C@@H](OCc4c(-c5c(Cl)cncc5Cl)noc4C4CC4)CC3)sc2c1. The highest BCUT2D eigenvalue weighted by Gasteiger charge is 2.39. The van der Waals surface area contributed by atoms with Crippen LogP contribution < -0.4 is 0 Å². The van der Waals surface area contributed by atoms with Gasteiger partial charge in [-0.3, -0.25) is 4.98 Å². The number of pyridine rings is 1. The number of esters is 1. The number of nitrogens with zero attached hydrogens (tertiary/aromatic N) is 3. The van der Waals surface area contributed by atoms with E-state index in [1.165, 1.54) is 30.8 Å².